The van der Waals surface area contributed by atoms with E-state index in [2.05, 4.69) is 5.32 Å². The highest BCUT2D eigenvalue weighted by Crippen LogP contribution is 2.15. The number of nitrogens with one attached hydrogen (secondary N) is 1. The van der Waals surface area contributed by atoms with Crippen molar-refractivity contribution in [3.63, 3.8) is 0 Å². The molecule has 0 heterocycles. The SMILES string of the molecule is C[C@@H](CS(=O)(=O)c1ccc(F)cc1)C(=O)NC(C)(C)C#N. The lowest BCUT2D eigenvalue weighted by molar-refractivity contribution is -0.124. The Bertz CT molecular complexity index is 660. The Morgan fingerprint density at radius 2 is 1.90 bits per heavy atom. The summed E-state index contributed by atoms with van der Waals surface area (Å²) in [5, 5.41) is 11.3. The molecule has 21 heavy (non-hydrogen) atoms. The number of nitrogens with zero attached hydrogens (tertiary/aromatic N) is 1. The first kappa shape index (κ1) is 17.1. The highest BCUT2D eigenvalue weighted by atomic mass is 32.2. The third-order valence-corrected chi connectivity index (χ3v) is 4.73. The number of nitriles is 1. The number of halogens is 1. The number of hydrogen-bond acceptors (Lipinski definition) is 4. The Hall–Kier alpha value is -1.94. The molecule has 1 aromatic rings. The molecule has 0 spiro atoms. The van der Waals surface area contributed by atoms with Gasteiger partial charge in [-0.3, -0.25) is 4.79 Å². The van der Waals surface area contributed by atoms with E-state index in [4.69, 9.17) is 5.26 Å². The molecule has 0 radical (unpaired) electrons. The summed E-state index contributed by atoms with van der Waals surface area (Å²) in [5.74, 6) is -2.29. The van der Waals surface area contributed by atoms with E-state index in [-0.39, 0.29) is 4.90 Å². The zero-order chi connectivity index (χ0) is 16.3. The molecule has 1 atom stereocenters. The van der Waals surface area contributed by atoms with Crippen LogP contribution in [0.5, 0.6) is 0 Å². The summed E-state index contributed by atoms with van der Waals surface area (Å²) in [7, 11) is -3.69. The smallest absolute Gasteiger partial charge is 0.225 e. The minimum Gasteiger partial charge on any atom is -0.338 e. The lowest BCUT2D eigenvalue weighted by atomic mass is 10.1. The maximum absolute atomic E-state index is 12.8. The van der Waals surface area contributed by atoms with Crippen LogP contribution in [0.1, 0.15) is 20.8 Å². The first-order valence-electron chi connectivity index (χ1n) is 6.29. The fraction of sp³-hybridized carbons (Fsp3) is 0.429. The lowest BCUT2D eigenvalue weighted by Crippen LogP contribution is -2.45. The molecule has 0 saturated heterocycles. The van der Waals surface area contributed by atoms with Crippen LogP contribution < -0.4 is 5.32 Å². The van der Waals surface area contributed by atoms with E-state index in [1.165, 1.54) is 20.8 Å². The number of carbonyl (C=O) groups is 1. The van der Waals surface area contributed by atoms with Gasteiger partial charge in [-0.2, -0.15) is 5.26 Å². The van der Waals surface area contributed by atoms with Crippen molar-refractivity contribution in [1.29, 1.82) is 5.26 Å². The summed E-state index contributed by atoms with van der Waals surface area (Å²) in [6, 6.07) is 6.33. The third kappa shape index (κ3) is 4.83. The van der Waals surface area contributed by atoms with Crippen molar-refractivity contribution in [3.05, 3.63) is 30.1 Å². The van der Waals surface area contributed by atoms with E-state index in [9.17, 15) is 17.6 Å². The van der Waals surface area contributed by atoms with Crippen molar-refractivity contribution in [2.24, 2.45) is 5.92 Å². The highest BCUT2D eigenvalue weighted by molar-refractivity contribution is 7.91. The standard InChI is InChI=1S/C14H17FN2O3S/c1-10(13(18)17-14(2,3)9-16)8-21(19,20)12-6-4-11(15)5-7-12/h4-7,10H,8H2,1-3H3,(H,17,18)/t10-/m0/s1. The second-order valence-electron chi connectivity index (χ2n) is 5.36. The number of rotatable bonds is 5. The molecule has 1 rings (SSSR count). The van der Waals surface area contributed by atoms with Gasteiger partial charge in [-0.25, -0.2) is 12.8 Å². The number of amides is 1. The van der Waals surface area contributed by atoms with Gasteiger partial charge in [0.2, 0.25) is 5.91 Å². The average molecular weight is 312 g/mol. The van der Waals surface area contributed by atoms with Crippen LogP contribution in [-0.4, -0.2) is 25.6 Å². The maximum Gasteiger partial charge on any atom is 0.225 e. The van der Waals surface area contributed by atoms with Crippen LogP contribution in [-0.2, 0) is 14.6 Å². The molecule has 0 aliphatic rings. The monoisotopic (exact) mass is 312 g/mol. The summed E-state index contributed by atoms with van der Waals surface area (Å²) in [5.41, 5.74) is -1.06. The molecule has 1 amide bonds. The fourth-order valence-electron chi connectivity index (χ4n) is 1.60. The van der Waals surface area contributed by atoms with Crippen LogP contribution in [0.15, 0.2) is 29.2 Å². The Morgan fingerprint density at radius 3 is 2.38 bits per heavy atom. The Kier molecular flexibility index (Phi) is 5.07. The van der Waals surface area contributed by atoms with Crippen LogP contribution in [0.25, 0.3) is 0 Å². The molecule has 0 aliphatic heterocycles. The first-order chi connectivity index (χ1) is 9.57. The lowest BCUT2D eigenvalue weighted by Gasteiger charge is -2.20. The molecule has 0 saturated carbocycles. The Balaban J connectivity index is 2.82. The number of benzene rings is 1. The van der Waals surface area contributed by atoms with Gasteiger partial charge in [0.1, 0.15) is 11.4 Å². The predicted octanol–water partition coefficient (Wildman–Crippen LogP) is 1.65. The van der Waals surface area contributed by atoms with Gasteiger partial charge < -0.3 is 5.32 Å². The molecule has 0 bridgehead atoms. The van der Waals surface area contributed by atoms with Gasteiger partial charge in [-0.1, -0.05) is 6.92 Å². The van der Waals surface area contributed by atoms with Gasteiger partial charge in [-0.15, -0.1) is 0 Å². The molecule has 0 aliphatic carbocycles. The molecule has 5 nitrogen and oxygen atoms in total. The number of sulfone groups is 1. The van der Waals surface area contributed by atoms with Gasteiger partial charge in [-0.05, 0) is 38.1 Å². The van der Waals surface area contributed by atoms with Crippen LogP contribution in [0.3, 0.4) is 0 Å². The molecular weight excluding hydrogens is 295 g/mol. The summed E-state index contributed by atoms with van der Waals surface area (Å²) >= 11 is 0. The summed E-state index contributed by atoms with van der Waals surface area (Å²) in [6.07, 6.45) is 0. The van der Waals surface area contributed by atoms with Crippen LogP contribution in [0.2, 0.25) is 0 Å². The minimum absolute atomic E-state index is 0.0388. The van der Waals surface area contributed by atoms with Crippen molar-refractivity contribution in [2.75, 3.05) is 5.75 Å². The summed E-state index contributed by atoms with van der Waals surface area (Å²) in [6.45, 7) is 4.50. The molecular formula is C14H17FN2O3S. The van der Waals surface area contributed by atoms with E-state index in [0.717, 1.165) is 24.3 Å². The topological polar surface area (TPSA) is 87.0 Å². The van der Waals surface area contributed by atoms with E-state index >= 15 is 0 Å². The van der Waals surface area contributed by atoms with E-state index in [1.54, 1.807) is 0 Å². The van der Waals surface area contributed by atoms with Crippen molar-refractivity contribution in [2.45, 2.75) is 31.2 Å². The zero-order valence-electron chi connectivity index (χ0n) is 12.1. The zero-order valence-corrected chi connectivity index (χ0v) is 12.9. The second-order valence-corrected chi connectivity index (χ2v) is 7.40. The maximum atomic E-state index is 12.8. The Labute approximate surface area is 123 Å². The van der Waals surface area contributed by atoms with Gasteiger partial charge in [0.05, 0.1) is 16.7 Å². The van der Waals surface area contributed by atoms with E-state index in [1.807, 2.05) is 6.07 Å². The van der Waals surface area contributed by atoms with Gasteiger partial charge in [0.15, 0.2) is 9.84 Å². The van der Waals surface area contributed by atoms with E-state index < -0.39 is 38.8 Å². The van der Waals surface area contributed by atoms with Crippen molar-refractivity contribution < 1.29 is 17.6 Å². The molecule has 1 N–H and O–H groups in total. The Morgan fingerprint density at radius 1 is 1.38 bits per heavy atom. The van der Waals surface area contributed by atoms with Crippen molar-refractivity contribution in [1.82, 2.24) is 5.32 Å². The third-order valence-electron chi connectivity index (χ3n) is 2.80. The molecule has 1 aromatic carbocycles. The molecule has 0 aromatic heterocycles. The van der Waals surface area contributed by atoms with E-state index in [0.29, 0.717) is 0 Å². The molecule has 0 unspecified atom stereocenters. The minimum atomic E-state index is -3.69. The quantitative estimate of drug-likeness (QED) is 0.838. The molecule has 0 fully saturated rings. The normalized spacial score (nSPS) is 13.3. The summed E-state index contributed by atoms with van der Waals surface area (Å²) < 4.78 is 37.1. The first-order valence-corrected chi connectivity index (χ1v) is 7.94. The summed E-state index contributed by atoms with van der Waals surface area (Å²) in [4.78, 5) is 11.9. The van der Waals surface area contributed by atoms with Gasteiger partial charge in [0.25, 0.3) is 0 Å². The largest absolute Gasteiger partial charge is 0.338 e. The average Bonchev–Trinajstić information content (AvgIpc) is 2.38. The van der Waals surface area contributed by atoms with Gasteiger partial charge in [0, 0.05) is 5.92 Å². The second kappa shape index (κ2) is 6.22. The fourth-order valence-corrected chi connectivity index (χ4v) is 3.15. The van der Waals surface area contributed by atoms with Crippen LogP contribution >= 0.6 is 0 Å². The van der Waals surface area contributed by atoms with Crippen LogP contribution in [0, 0.1) is 23.1 Å². The van der Waals surface area contributed by atoms with Crippen molar-refractivity contribution >= 4 is 15.7 Å². The number of carbonyl (C=O) groups excluding carboxylic acids is 1. The van der Waals surface area contributed by atoms with Crippen LogP contribution in [0.4, 0.5) is 4.39 Å². The molecule has 114 valence electrons. The van der Waals surface area contributed by atoms with Crippen molar-refractivity contribution in [3.8, 4) is 6.07 Å². The van der Waals surface area contributed by atoms with Gasteiger partial charge >= 0.3 is 0 Å². The predicted molar refractivity (Wildman–Crippen MR) is 75.5 cm³/mol. The molecule has 7 heteroatoms. The number of hydrogen-bond donors (Lipinski definition) is 1. The highest BCUT2D eigenvalue weighted by Gasteiger charge is 2.27.